The fourth-order valence-electron chi connectivity index (χ4n) is 1.82. The highest BCUT2D eigenvalue weighted by atomic mass is 35.5. The fourth-order valence-corrected chi connectivity index (χ4v) is 2.65. The van der Waals surface area contributed by atoms with Gasteiger partial charge in [-0.2, -0.15) is 0 Å². The van der Waals surface area contributed by atoms with E-state index in [1.165, 1.54) is 6.20 Å². The van der Waals surface area contributed by atoms with Gasteiger partial charge < -0.3 is 10.5 Å². The Morgan fingerprint density at radius 1 is 1.15 bits per heavy atom. The molecule has 0 atom stereocenters. The van der Waals surface area contributed by atoms with Crippen LogP contribution in [-0.4, -0.2) is 9.97 Å². The molecule has 7 heteroatoms. The van der Waals surface area contributed by atoms with Crippen LogP contribution in [0, 0.1) is 0 Å². The molecule has 0 bridgehead atoms. The van der Waals surface area contributed by atoms with Gasteiger partial charge in [0.1, 0.15) is 0 Å². The lowest BCUT2D eigenvalue weighted by Crippen LogP contribution is -1.97. The van der Waals surface area contributed by atoms with Gasteiger partial charge in [-0.15, -0.1) is 0 Å². The summed E-state index contributed by atoms with van der Waals surface area (Å²) in [4.78, 5) is 8.45. The summed E-state index contributed by atoms with van der Waals surface area (Å²) in [6, 6.07) is 3.13. The van der Waals surface area contributed by atoms with E-state index in [-0.39, 0.29) is 0 Å². The zero-order chi connectivity index (χ0) is 14.3. The summed E-state index contributed by atoms with van der Waals surface area (Å²) in [5, 5.41) is 1.05. The van der Waals surface area contributed by atoms with Gasteiger partial charge in [-0.25, -0.2) is 9.97 Å². The molecule has 0 amide bonds. The minimum absolute atomic E-state index is 0.306. The van der Waals surface area contributed by atoms with Crippen molar-refractivity contribution in [2.24, 2.45) is 0 Å². The smallest absolute Gasteiger partial charge is 0.238 e. The average Bonchev–Trinajstić information content (AvgIpc) is 3.19. The lowest BCUT2D eigenvalue weighted by atomic mass is 10.3. The molecule has 2 aromatic rings. The number of benzene rings is 1. The first-order chi connectivity index (χ1) is 9.54. The molecule has 0 radical (unpaired) electrons. The van der Waals surface area contributed by atoms with Crippen LogP contribution in [0.1, 0.15) is 24.5 Å². The first-order valence-electron chi connectivity index (χ1n) is 5.99. The van der Waals surface area contributed by atoms with Gasteiger partial charge in [0.05, 0.1) is 21.9 Å². The van der Waals surface area contributed by atoms with E-state index in [4.69, 9.17) is 45.3 Å². The third-order valence-electron chi connectivity index (χ3n) is 2.92. The molecule has 1 saturated carbocycles. The largest absolute Gasteiger partial charge is 0.434 e. The van der Waals surface area contributed by atoms with Crippen molar-refractivity contribution in [3.8, 4) is 11.6 Å². The number of nitrogens with zero attached hydrogens (tertiary/aromatic N) is 2. The van der Waals surface area contributed by atoms with E-state index < -0.39 is 0 Å². The predicted molar refractivity (Wildman–Crippen MR) is 80.0 cm³/mol. The highest BCUT2D eigenvalue weighted by Gasteiger charge is 2.28. The number of rotatable bonds is 3. The van der Waals surface area contributed by atoms with E-state index in [1.54, 1.807) is 12.1 Å². The monoisotopic (exact) mass is 329 g/mol. The minimum Gasteiger partial charge on any atom is -0.434 e. The SMILES string of the molecule is Nc1cc(Cl)c(Oc2cnc(Cl)c(C3CC3)n2)c(Cl)c1. The molecule has 1 heterocycles. The predicted octanol–water partition coefficient (Wildman–Crippen LogP) is 4.69. The summed E-state index contributed by atoms with van der Waals surface area (Å²) in [5.41, 5.74) is 6.87. The van der Waals surface area contributed by atoms with Crippen molar-refractivity contribution >= 4 is 40.5 Å². The van der Waals surface area contributed by atoms with Crippen LogP contribution < -0.4 is 10.5 Å². The van der Waals surface area contributed by atoms with Gasteiger partial charge in [0.2, 0.25) is 5.88 Å². The third-order valence-corrected chi connectivity index (χ3v) is 3.77. The van der Waals surface area contributed by atoms with Gasteiger partial charge >= 0.3 is 0 Å². The second-order valence-corrected chi connectivity index (χ2v) is 5.75. The van der Waals surface area contributed by atoms with Gasteiger partial charge in [0.25, 0.3) is 0 Å². The number of halogens is 3. The van der Waals surface area contributed by atoms with Crippen LogP contribution in [0.3, 0.4) is 0 Å². The summed E-state index contributed by atoms with van der Waals surface area (Å²) in [5.74, 6) is 0.988. The van der Waals surface area contributed by atoms with E-state index in [9.17, 15) is 0 Å². The Hall–Kier alpha value is -1.23. The summed E-state index contributed by atoms with van der Waals surface area (Å²) in [7, 11) is 0. The van der Waals surface area contributed by atoms with E-state index in [1.807, 2.05) is 0 Å². The quantitative estimate of drug-likeness (QED) is 0.829. The molecule has 1 aliphatic rings. The van der Waals surface area contributed by atoms with Crippen molar-refractivity contribution in [2.75, 3.05) is 5.73 Å². The lowest BCUT2D eigenvalue weighted by Gasteiger charge is -2.10. The molecule has 0 spiro atoms. The molecule has 1 fully saturated rings. The van der Waals surface area contributed by atoms with Crippen LogP contribution in [0.2, 0.25) is 15.2 Å². The van der Waals surface area contributed by atoms with Crippen LogP contribution in [-0.2, 0) is 0 Å². The molecular weight excluding hydrogens is 321 g/mol. The van der Waals surface area contributed by atoms with Crippen LogP contribution in [0.15, 0.2) is 18.3 Å². The molecule has 1 aromatic heterocycles. The Bertz CT molecular complexity index is 651. The van der Waals surface area contributed by atoms with E-state index >= 15 is 0 Å². The Labute approximate surface area is 130 Å². The standard InChI is InChI=1S/C13H10Cl3N3O/c14-8-3-7(17)4-9(15)12(8)20-10-5-18-13(16)11(19-10)6-1-2-6/h3-6H,1-2,17H2. The maximum atomic E-state index is 6.07. The Morgan fingerprint density at radius 2 is 1.80 bits per heavy atom. The van der Waals surface area contributed by atoms with Crippen molar-refractivity contribution in [3.05, 3.63) is 39.2 Å². The second-order valence-electron chi connectivity index (χ2n) is 4.57. The van der Waals surface area contributed by atoms with E-state index in [2.05, 4.69) is 9.97 Å². The highest BCUT2D eigenvalue weighted by molar-refractivity contribution is 6.37. The molecule has 1 aliphatic carbocycles. The Kier molecular flexibility index (Phi) is 3.63. The topological polar surface area (TPSA) is 61.0 Å². The summed E-state index contributed by atoms with van der Waals surface area (Å²) >= 11 is 18.2. The molecule has 0 unspecified atom stereocenters. The minimum atomic E-state index is 0.306. The van der Waals surface area contributed by atoms with Crippen LogP contribution in [0.4, 0.5) is 5.69 Å². The normalized spacial score (nSPS) is 14.3. The zero-order valence-corrected chi connectivity index (χ0v) is 12.5. The van der Waals surface area contributed by atoms with E-state index in [0.717, 1.165) is 18.5 Å². The third kappa shape index (κ3) is 2.77. The molecular formula is C13H10Cl3N3O. The molecule has 2 N–H and O–H groups in total. The number of hydrogen-bond donors (Lipinski definition) is 1. The fraction of sp³-hybridized carbons (Fsp3) is 0.231. The van der Waals surface area contributed by atoms with Crippen LogP contribution in [0.5, 0.6) is 11.6 Å². The number of anilines is 1. The molecule has 1 aromatic carbocycles. The van der Waals surface area contributed by atoms with Crippen molar-refractivity contribution in [2.45, 2.75) is 18.8 Å². The molecule has 104 valence electrons. The van der Waals surface area contributed by atoms with Gasteiger partial charge in [-0.3, -0.25) is 0 Å². The lowest BCUT2D eigenvalue weighted by molar-refractivity contribution is 0.458. The van der Waals surface area contributed by atoms with Crippen LogP contribution >= 0.6 is 34.8 Å². The number of nitrogens with two attached hydrogens (primary N) is 1. The van der Waals surface area contributed by atoms with Crippen molar-refractivity contribution in [1.29, 1.82) is 0 Å². The van der Waals surface area contributed by atoms with Gasteiger partial charge in [0, 0.05) is 11.6 Å². The number of nitrogen functional groups attached to an aromatic ring is 1. The van der Waals surface area contributed by atoms with Crippen molar-refractivity contribution in [3.63, 3.8) is 0 Å². The summed E-state index contributed by atoms with van der Waals surface area (Å²) in [6.45, 7) is 0. The second kappa shape index (κ2) is 5.28. The van der Waals surface area contributed by atoms with Crippen molar-refractivity contribution in [1.82, 2.24) is 9.97 Å². The van der Waals surface area contributed by atoms with Crippen LogP contribution in [0.25, 0.3) is 0 Å². The molecule has 0 saturated heterocycles. The van der Waals surface area contributed by atoms with Crippen molar-refractivity contribution < 1.29 is 4.74 Å². The van der Waals surface area contributed by atoms with Gasteiger partial charge in [-0.1, -0.05) is 34.8 Å². The summed E-state index contributed by atoms with van der Waals surface area (Å²) in [6.07, 6.45) is 3.58. The maximum Gasteiger partial charge on any atom is 0.238 e. The molecule has 20 heavy (non-hydrogen) atoms. The number of aromatic nitrogens is 2. The van der Waals surface area contributed by atoms with E-state index in [0.29, 0.717) is 38.4 Å². The number of ether oxygens (including phenoxy) is 1. The molecule has 4 nitrogen and oxygen atoms in total. The molecule has 0 aliphatic heterocycles. The summed E-state index contributed by atoms with van der Waals surface area (Å²) < 4.78 is 5.62. The van der Waals surface area contributed by atoms with Gasteiger partial charge in [0.15, 0.2) is 10.9 Å². The highest BCUT2D eigenvalue weighted by Crippen LogP contribution is 2.43. The first-order valence-corrected chi connectivity index (χ1v) is 7.13. The number of hydrogen-bond acceptors (Lipinski definition) is 4. The molecule has 3 rings (SSSR count). The maximum absolute atomic E-state index is 6.07. The zero-order valence-electron chi connectivity index (χ0n) is 10.2. The first kappa shape index (κ1) is 13.7. The Morgan fingerprint density at radius 3 is 2.40 bits per heavy atom. The Balaban J connectivity index is 1.93. The van der Waals surface area contributed by atoms with Gasteiger partial charge in [-0.05, 0) is 25.0 Å². The average molecular weight is 331 g/mol.